The van der Waals surface area contributed by atoms with Gasteiger partial charge in [-0.1, -0.05) is 60.1 Å². The first kappa shape index (κ1) is 19.8. The van der Waals surface area contributed by atoms with E-state index in [1.54, 1.807) is 67.7 Å². The van der Waals surface area contributed by atoms with Gasteiger partial charge in [-0.05, 0) is 29.8 Å². The molecule has 0 aliphatic carbocycles. The Morgan fingerprint density at radius 2 is 1.61 bits per heavy atom. The average Bonchev–Trinajstić information content (AvgIpc) is 3.21. The molecule has 6 rings (SSSR count). The second-order valence-corrected chi connectivity index (χ2v) is 8.61. The first-order chi connectivity index (χ1) is 16.0. The molecule has 0 N–H and O–H groups in total. The molecule has 2 aliphatic rings. The number of carbonyl (C=O) groups excluding carboxylic acids is 2. The Balaban J connectivity index is 1.72. The molecule has 0 saturated carbocycles. The topological polar surface area (TPSA) is 70.8 Å². The van der Waals surface area contributed by atoms with Crippen LogP contribution < -0.4 is 10.3 Å². The van der Waals surface area contributed by atoms with Crippen LogP contribution in [-0.2, 0) is 16.9 Å². The lowest BCUT2D eigenvalue weighted by molar-refractivity contribution is -0.126. The molecule has 1 spiro atoms. The Morgan fingerprint density at radius 1 is 0.909 bits per heavy atom. The highest BCUT2D eigenvalue weighted by Gasteiger charge is 2.64. The van der Waals surface area contributed by atoms with Crippen molar-refractivity contribution >= 4 is 40.1 Å². The lowest BCUT2D eigenvalue weighted by atomic mass is 9.83. The maximum absolute atomic E-state index is 14.0. The fraction of sp³-hybridized carbons (Fsp3) is 0.115. The van der Waals surface area contributed by atoms with Crippen molar-refractivity contribution in [3.8, 4) is 0 Å². The number of halogens is 1. The summed E-state index contributed by atoms with van der Waals surface area (Å²) in [5.74, 6) is -1.01. The lowest BCUT2D eigenvalue weighted by Gasteiger charge is -2.34. The van der Waals surface area contributed by atoms with Crippen molar-refractivity contribution < 1.29 is 14.0 Å². The van der Waals surface area contributed by atoms with Gasteiger partial charge in [0.25, 0.3) is 11.8 Å². The number of anilines is 1. The van der Waals surface area contributed by atoms with Crippen molar-refractivity contribution in [3.63, 3.8) is 0 Å². The predicted octanol–water partition coefficient (Wildman–Crippen LogP) is 4.32. The molecule has 3 heterocycles. The van der Waals surface area contributed by atoms with Gasteiger partial charge in [0, 0.05) is 29.9 Å². The Morgan fingerprint density at radius 3 is 2.42 bits per heavy atom. The van der Waals surface area contributed by atoms with Gasteiger partial charge in [-0.25, -0.2) is 0 Å². The van der Waals surface area contributed by atoms with Crippen LogP contribution in [0.4, 0.5) is 5.69 Å². The Hall–Kier alpha value is -3.90. The molecule has 1 atom stereocenters. The lowest BCUT2D eigenvalue weighted by Crippen LogP contribution is -2.52. The average molecular weight is 457 g/mol. The van der Waals surface area contributed by atoms with E-state index in [1.807, 2.05) is 12.1 Å². The summed E-state index contributed by atoms with van der Waals surface area (Å²) >= 11 is 6.42. The summed E-state index contributed by atoms with van der Waals surface area (Å²) in [5, 5.41) is 0.788. The molecule has 2 amide bonds. The van der Waals surface area contributed by atoms with E-state index in [0.29, 0.717) is 32.8 Å². The number of fused-ring (bicyclic) bond motifs is 5. The summed E-state index contributed by atoms with van der Waals surface area (Å²) in [6, 6.07) is 21.1. The Kier molecular flexibility index (Phi) is 4.07. The van der Waals surface area contributed by atoms with Crippen molar-refractivity contribution in [3.05, 3.63) is 110 Å². The fourth-order valence-electron chi connectivity index (χ4n) is 5.06. The van der Waals surface area contributed by atoms with Crippen molar-refractivity contribution in [2.24, 2.45) is 0 Å². The zero-order chi connectivity index (χ0) is 22.9. The minimum absolute atomic E-state index is 0.0341. The van der Waals surface area contributed by atoms with Crippen LogP contribution in [0.15, 0.2) is 82.0 Å². The molecule has 6 nitrogen and oxygen atoms in total. The van der Waals surface area contributed by atoms with E-state index in [-0.39, 0.29) is 29.2 Å². The summed E-state index contributed by atoms with van der Waals surface area (Å²) < 4.78 is 5.99. The van der Waals surface area contributed by atoms with Crippen LogP contribution in [0.2, 0.25) is 5.02 Å². The molecule has 162 valence electrons. The molecule has 1 aromatic heterocycles. The van der Waals surface area contributed by atoms with Gasteiger partial charge in [-0.2, -0.15) is 0 Å². The quantitative estimate of drug-likeness (QED) is 0.450. The molecule has 2 aliphatic heterocycles. The molecular weight excluding hydrogens is 440 g/mol. The highest BCUT2D eigenvalue weighted by Crippen LogP contribution is 2.52. The van der Waals surface area contributed by atoms with Crippen LogP contribution in [0.3, 0.4) is 0 Å². The van der Waals surface area contributed by atoms with Crippen molar-refractivity contribution in [1.29, 1.82) is 0 Å². The Labute approximate surface area is 193 Å². The zero-order valence-electron chi connectivity index (χ0n) is 17.5. The van der Waals surface area contributed by atoms with E-state index in [0.717, 1.165) is 0 Å². The predicted molar refractivity (Wildman–Crippen MR) is 124 cm³/mol. The second-order valence-electron chi connectivity index (χ2n) is 8.21. The molecular formula is C26H17ClN2O4. The number of carbonyl (C=O) groups is 2. The van der Waals surface area contributed by atoms with Gasteiger partial charge in [0.05, 0.1) is 10.9 Å². The Bertz CT molecular complexity index is 1560. The molecule has 1 unspecified atom stereocenters. The van der Waals surface area contributed by atoms with E-state index < -0.39 is 11.4 Å². The summed E-state index contributed by atoms with van der Waals surface area (Å²) in [4.78, 5) is 44.5. The van der Waals surface area contributed by atoms with E-state index in [9.17, 15) is 14.4 Å². The smallest absolute Gasteiger partial charge is 0.291 e. The van der Waals surface area contributed by atoms with Gasteiger partial charge in [0.2, 0.25) is 5.76 Å². The normalized spacial score (nSPS) is 19.0. The van der Waals surface area contributed by atoms with E-state index in [2.05, 4.69) is 0 Å². The van der Waals surface area contributed by atoms with Crippen molar-refractivity contribution in [2.45, 2.75) is 12.1 Å². The molecule has 3 aromatic carbocycles. The number of rotatable bonds is 2. The van der Waals surface area contributed by atoms with E-state index in [1.165, 1.54) is 9.80 Å². The van der Waals surface area contributed by atoms with E-state index >= 15 is 0 Å². The highest BCUT2D eigenvalue weighted by atomic mass is 35.5. The monoisotopic (exact) mass is 456 g/mol. The highest BCUT2D eigenvalue weighted by molar-refractivity contribution is 6.31. The first-order valence-corrected chi connectivity index (χ1v) is 10.8. The standard InChI is InChI=1S/C26H17ClN2O4/c1-28-19-12-6-4-10-17(19)26(25(28)32)21-22(30)16-9-3-7-13-20(16)33-23(21)24(31)29(26)14-15-8-2-5-11-18(15)27/h2-13H,14H2,1H3. The summed E-state index contributed by atoms with van der Waals surface area (Å²) in [7, 11) is 1.65. The van der Waals surface area contributed by atoms with Crippen molar-refractivity contribution in [1.82, 2.24) is 4.90 Å². The van der Waals surface area contributed by atoms with Crippen LogP contribution in [0, 0.1) is 0 Å². The third-order valence-corrected chi connectivity index (χ3v) is 6.93. The molecule has 7 heteroatoms. The maximum atomic E-state index is 14.0. The summed E-state index contributed by atoms with van der Waals surface area (Å²) in [5.41, 5.74) is 0.203. The maximum Gasteiger partial charge on any atom is 0.291 e. The number of hydrogen-bond donors (Lipinski definition) is 0. The summed E-state index contributed by atoms with van der Waals surface area (Å²) in [6.07, 6.45) is 0. The second kappa shape index (κ2) is 6.80. The van der Waals surface area contributed by atoms with Crippen LogP contribution in [-0.4, -0.2) is 23.8 Å². The fourth-order valence-corrected chi connectivity index (χ4v) is 5.26. The van der Waals surface area contributed by atoms with Crippen LogP contribution in [0.1, 0.15) is 27.2 Å². The van der Waals surface area contributed by atoms with Crippen LogP contribution in [0.5, 0.6) is 0 Å². The molecule has 33 heavy (non-hydrogen) atoms. The molecule has 0 fully saturated rings. The molecule has 4 aromatic rings. The van der Waals surface area contributed by atoms with Gasteiger partial charge in [-0.15, -0.1) is 0 Å². The van der Waals surface area contributed by atoms with Gasteiger partial charge in [-0.3, -0.25) is 14.4 Å². The number of amides is 2. The minimum atomic E-state index is -1.64. The molecule has 0 bridgehead atoms. The first-order valence-electron chi connectivity index (χ1n) is 10.5. The number of benzene rings is 3. The van der Waals surface area contributed by atoms with Crippen LogP contribution >= 0.6 is 11.6 Å². The number of nitrogens with zero attached hydrogens (tertiary/aromatic N) is 2. The SMILES string of the molecule is CN1C(=O)C2(c3ccccc31)c1c(oc3ccccc3c1=O)C(=O)N2Cc1ccccc1Cl. The van der Waals surface area contributed by atoms with E-state index in [4.69, 9.17) is 16.0 Å². The number of likely N-dealkylation sites (N-methyl/N-ethyl adjacent to an activating group) is 1. The van der Waals surface area contributed by atoms with Gasteiger partial charge < -0.3 is 14.2 Å². The molecule has 0 saturated heterocycles. The third-order valence-electron chi connectivity index (χ3n) is 6.56. The largest absolute Gasteiger partial charge is 0.450 e. The van der Waals surface area contributed by atoms with Gasteiger partial charge >= 0.3 is 0 Å². The minimum Gasteiger partial charge on any atom is -0.450 e. The van der Waals surface area contributed by atoms with Crippen LogP contribution in [0.25, 0.3) is 11.0 Å². The zero-order valence-corrected chi connectivity index (χ0v) is 18.3. The number of para-hydroxylation sites is 2. The van der Waals surface area contributed by atoms with Crippen molar-refractivity contribution in [2.75, 3.05) is 11.9 Å². The molecule has 0 radical (unpaired) electrons. The summed E-state index contributed by atoms with van der Waals surface area (Å²) in [6.45, 7) is 0.0341. The number of hydrogen-bond acceptors (Lipinski definition) is 4. The third kappa shape index (κ3) is 2.41. The van der Waals surface area contributed by atoms with Gasteiger partial charge in [0.1, 0.15) is 5.58 Å². The van der Waals surface area contributed by atoms with Gasteiger partial charge in [0.15, 0.2) is 11.0 Å².